The smallest absolute Gasteiger partial charge is 0.416 e. The van der Waals surface area contributed by atoms with Crippen molar-refractivity contribution in [3.05, 3.63) is 94.5 Å². The molecule has 33 heavy (non-hydrogen) atoms. The van der Waals surface area contributed by atoms with E-state index in [0.717, 1.165) is 48.5 Å². The Morgan fingerprint density at radius 2 is 0.848 bits per heavy atom. The summed E-state index contributed by atoms with van der Waals surface area (Å²) in [7, 11) is 0. The molecule has 0 aliphatic rings. The van der Waals surface area contributed by atoms with Gasteiger partial charge in [-0.15, -0.1) is 0 Å². The number of phenols is 2. The first-order valence-electron chi connectivity index (χ1n) is 9.03. The molecule has 0 saturated carbocycles. The normalized spacial score (nSPS) is 13.2. The molecule has 3 aromatic rings. The molecule has 3 rings (SSSR count). The minimum Gasteiger partial charge on any atom is -0.508 e. The number of phenolic OH excluding ortho intramolecular Hbond substituents is 2. The van der Waals surface area contributed by atoms with Crippen LogP contribution in [0.25, 0.3) is 0 Å². The van der Waals surface area contributed by atoms with Gasteiger partial charge in [0.05, 0.1) is 11.1 Å². The molecule has 3 aromatic carbocycles. The van der Waals surface area contributed by atoms with Crippen molar-refractivity contribution in [2.45, 2.75) is 23.9 Å². The van der Waals surface area contributed by atoms with Crippen LogP contribution in [0.5, 0.6) is 11.5 Å². The third-order valence-electron chi connectivity index (χ3n) is 5.08. The molecule has 176 valence electrons. The maximum Gasteiger partial charge on any atom is 0.416 e. The zero-order valence-corrected chi connectivity index (χ0v) is 16.1. The molecule has 0 bridgehead atoms. The Hall–Kier alpha value is -3.37. The molecule has 0 atom stereocenters. The van der Waals surface area contributed by atoms with Crippen molar-refractivity contribution < 1.29 is 49.7 Å². The molecule has 2 N–H and O–H groups in total. The fourth-order valence-electron chi connectivity index (χ4n) is 3.66. The van der Waals surface area contributed by atoms with E-state index in [0.29, 0.717) is 0 Å². The highest BCUT2D eigenvalue weighted by atomic mass is 19.4. The number of aromatic hydroxyl groups is 2. The minimum absolute atomic E-state index is 0.145. The van der Waals surface area contributed by atoms with E-state index in [2.05, 4.69) is 0 Å². The van der Waals surface area contributed by atoms with Crippen LogP contribution in [0.1, 0.15) is 27.8 Å². The molecular weight excluding hydrogens is 467 g/mol. The van der Waals surface area contributed by atoms with Crippen LogP contribution < -0.4 is 0 Å². The van der Waals surface area contributed by atoms with E-state index in [1.54, 1.807) is 0 Å². The molecule has 0 fully saturated rings. The van der Waals surface area contributed by atoms with E-state index in [1.165, 1.54) is 0 Å². The quantitative estimate of drug-likeness (QED) is 0.312. The van der Waals surface area contributed by atoms with Gasteiger partial charge in [0.1, 0.15) is 16.9 Å². The van der Waals surface area contributed by atoms with Gasteiger partial charge in [-0.05, 0) is 53.1 Å². The van der Waals surface area contributed by atoms with E-state index >= 15 is 0 Å². The molecule has 2 nitrogen and oxygen atoms in total. The summed E-state index contributed by atoms with van der Waals surface area (Å²) in [4.78, 5) is 0. The van der Waals surface area contributed by atoms with Crippen molar-refractivity contribution in [1.82, 2.24) is 0 Å². The van der Waals surface area contributed by atoms with E-state index in [9.17, 15) is 49.7 Å². The van der Waals surface area contributed by atoms with Crippen LogP contribution in [0.2, 0.25) is 0 Å². The van der Waals surface area contributed by atoms with E-state index in [-0.39, 0.29) is 18.2 Å². The highest BCUT2D eigenvalue weighted by Gasteiger charge is 2.61. The molecule has 0 spiro atoms. The molecule has 0 radical (unpaired) electrons. The summed E-state index contributed by atoms with van der Waals surface area (Å²) < 4.78 is 125. The van der Waals surface area contributed by atoms with Gasteiger partial charge in [0.2, 0.25) is 0 Å². The second-order valence-corrected chi connectivity index (χ2v) is 7.10. The summed E-state index contributed by atoms with van der Waals surface area (Å²) in [5.41, 5.74) is -10.6. The number of rotatable bonds is 3. The predicted octanol–water partition coefficient (Wildman–Crippen LogP) is 7.03. The van der Waals surface area contributed by atoms with Crippen LogP contribution in [0, 0.1) is 0 Å². The van der Waals surface area contributed by atoms with Gasteiger partial charge in [0.15, 0.2) is 0 Å². The van der Waals surface area contributed by atoms with Gasteiger partial charge in [-0.2, -0.15) is 39.5 Å². The molecule has 0 aromatic heterocycles. The summed E-state index contributed by atoms with van der Waals surface area (Å²) in [6.45, 7) is 0. The lowest BCUT2D eigenvalue weighted by Gasteiger charge is -2.39. The zero-order chi connectivity index (χ0) is 24.8. The van der Waals surface area contributed by atoms with E-state index in [4.69, 9.17) is 0 Å². The Bertz CT molecular complexity index is 1080. The van der Waals surface area contributed by atoms with Crippen molar-refractivity contribution in [1.29, 1.82) is 0 Å². The average Bonchev–Trinajstić information content (AvgIpc) is 2.69. The van der Waals surface area contributed by atoms with Gasteiger partial charge >= 0.3 is 18.5 Å². The summed E-state index contributed by atoms with van der Waals surface area (Å²) in [6.07, 6.45) is -16.3. The highest BCUT2D eigenvalue weighted by Crippen LogP contribution is 2.55. The van der Waals surface area contributed by atoms with Gasteiger partial charge < -0.3 is 10.2 Å². The SMILES string of the molecule is Oc1ccc(C(c2ccc(O)cc2)(c2ccc(C(F)(F)F)cc2C(F)(F)F)C(F)(F)F)cc1. The van der Waals surface area contributed by atoms with Crippen LogP contribution in [0.3, 0.4) is 0 Å². The van der Waals surface area contributed by atoms with E-state index < -0.39 is 63.3 Å². The predicted molar refractivity (Wildman–Crippen MR) is 98.6 cm³/mol. The zero-order valence-electron chi connectivity index (χ0n) is 16.1. The first-order valence-corrected chi connectivity index (χ1v) is 9.03. The number of hydrogen-bond donors (Lipinski definition) is 2. The fraction of sp³-hybridized carbons (Fsp3) is 0.182. The molecule has 0 heterocycles. The molecule has 0 amide bonds. The summed E-state index contributed by atoms with van der Waals surface area (Å²) in [5, 5.41) is 19.0. The molecule has 0 aliphatic heterocycles. The summed E-state index contributed by atoms with van der Waals surface area (Å²) in [6, 6.07) is 6.10. The Morgan fingerprint density at radius 1 is 0.455 bits per heavy atom. The Balaban J connectivity index is 2.54. The molecule has 0 aliphatic carbocycles. The van der Waals surface area contributed by atoms with Crippen molar-refractivity contribution in [2.75, 3.05) is 0 Å². The number of benzene rings is 3. The van der Waals surface area contributed by atoms with Crippen LogP contribution in [0.4, 0.5) is 39.5 Å². The third kappa shape index (κ3) is 4.31. The molecular formula is C22H13F9O2. The van der Waals surface area contributed by atoms with Crippen molar-refractivity contribution >= 4 is 0 Å². The van der Waals surface area contributed by atoms with Gasteiger partial charge in [-0.3, -0.25) is 0 Å². The Morgan fingerprint density at radius 3 is 1.18 bits per heavy atom. The largest absolute Gasteiger partial charge is 0.508 e. The first kappa shape index (κ1) is 24.3. The Labute approximate surface area is 180 Å². The second-order valence-electron chi connectivity index (χ2n) is 7.10. The maximum atomic E-state index is 14.8. The van der Waals surface area contributed by atoms with Crippen molar-refractivity contribution in [3.63, 3.8) is 0 Å². The molecule has 0 saturated heterocycles. The lowest BCUT2D eigenvalue weighted by atomic mass is 9.67. The Kier molecular flexibility index (Phi) is 5.80. The van der Waals surface area contributed by atoms with Crippen LogP contribution in [-0.2, 0) is 17.8 Å². The third-order valence-corrected chi connectivity index (χ3v) is 5.08. The monoisotopic (exact) mass is 480 g/mol. The second kappa shape index (κ2) is 7.89. The minimum atomic E-state index is -5.58. The van der Waals surface area contributed by atoms with Crippen LogP contribution >= 0.6 is 0 Å². The summed E-state index contributed by atoms with van der Waals surface area (Å²) >= 11 is 0. The molecule has 0 unspecified atom stereocenters. The topological polar surface area (TPSA) is 40.5 Å². The van der Waals surface area contributed by atoms with Gasteiger partial charge in [0, 0.05) is 0 Å². The van der Waals surface area contributed by atoms with Crippen molar-refractivity contribution in [3.8, 4) is 11.5 Å². The average molecular weight is 480 g/mol. The van der Waals surface area contributed by atoms with Crippen LogP contribution in [-0.4, -0.2) is 16.4 Å². The maximum absolute atomic E-state index is 14.8. The number of halogens is 9. The lowest BCUT2D eigenvalue weighted by molar-refractivity contribution is -0.170. The van der Waals surface area contributed by atoms with Crippen molar-refractivity contribution in [2.24, 2.45) is 0 Å². The van der Waals surface area contributed by atoms with E-state index in [1.807, 2.05) is 0 Å². The standard InChI is InChI=1S/C22H13F9O2/c23-20(24,25)14-5-10-17(18(11-14)21(26,27)28)19(22(29,30)31,12-1-6-15(32)7-2-12)13-3-8-16(33)9-4-13/h1-11,32-33H. The van der Waals surface area contributed by atoms with Gasteiger partial charge in [-0.1, -0.05) is 30.3 Å². The molecule has 11 heteroatoms. The van der Waals surface area contributed by atoms with Gasteiger partial charge in [-0.25, -0.2) is 0 Å². The van der Waals surface area contributed by atoms with Gasteiger partial charge in [0.25, 0.3) is 0 Å². The summed E-state index contributed by atoms with van der Waals surface area (Å²) in [5.74, 6) is -0.965. The fourth-order valence-corrected chi connectivity index (χ4v) is 3.66. The number of alkyl halides is 9. The van der Waals surface area contributed by atoms with Crippen LogP contribution in [0.15, 0.2) is 66.7 Å². The lowest BCUT2D eigenvalue weighted by Crippen LogP contribution is -2.46. The highest BCUT2D eigenvalue weighted by molar-refractivity contribution is 5.57. The number of hydrogen-bond acceptors (Lipinski definition) is 2. The first-order chi connectivity index (χ1) is 15.1.